The van der Waals surface area contributed by atoms with E-state index in [9.17, 15) is 29.7 Å². The van der Waals surface area contributed by atoms with Crippen molar-refractivity contribution in [3.05, 3.63) is 41.2 Å². The molecule has 4 saturated carbocycles. The summed E-state index contributed by atoms with van der Waals surface area (Å²) in [6.07, 6.45) is 8.70. The second-order valence-electron chi connectivity index (χ2n) is 21.1. The van der Waals surface area contributed by atoms with Crippen LogP contribution in [0.5, 0.6) is 0 Å². The van der Waals surface area contributed by atoms with Crippen molar-refractivity contribution in [3.8, 4) is 0 Å². The number of aliphatic hydroxyl groups is 2. The highest BCUT2D eigenvalue weighted by Crippen LogP contribution is 2.77. The van der Waals surface area contributed by atoms with Crippen molar-refractivity contribution >= 4 is 17.7 Å². The molecule has 1 heterocycles. The fraction of sp³-hybridized carbons (Fsp3) is 0.787. The molecule has 318 valence electrons. The molecular formula is C47H73N3O7. The van der Waals surface area contributed by atoms with Gasteiger partial charge in [0.2, 0.25) is 0 Å². The van der Waals surface area contributed by atoms with Gasteiger partial charge in [-0.15, -0.1) is 0 Å². The Hall–Kier alpha value is -2.66. The first-order valence-corrected chi connectivity index (χ1v) is 22.0. The van der Waals surface area contributed by atoms with Gasteiger partial charge in [-0.1, -0.05) is 60.1 Å². The van der Waals surface area contributed by atoms with Gasteiger partial charge in [-0.05, 0) is 123 Å². The number of carbonyl (C=O) groups excluding carboxylic acids is 2. The molecule has 9 atom stereocenters. The average Bonchev–Trinajstić information content (AvgIpc) is 3.45. The molecular weight excluding hydrogens is 719 g/mol. The highest BCUT2D eigenvalue weighted by Gasteiger charge is 2.71. The molecule has 0 unspecified atom stereocenters. The van der Waals surface area contributed by atoms with E-state index in [0.29, 0.717) is 51.0 Å². The fourth-order valence-corrected chi connectivity index (χ4v) is 13.7. The molecule has 5 aliphatic carbocycles. The van der Waals surface area contributed by atoms with Crippen molar-refractivity contribution in [2.24, 2.45) is 56.2 Å². The minimum atomic E-state index is -1.18. The summed E-state index contributed by atoms with van der Waals surface area (Å²) in [5.74, 6) is -0.104. The zero-order chi connectivity index (χ0) is 41.8. The smallest absolute Gasteiger partial charge is 0.309 e. The van der Waals surface area contributed by atoms with Crippen molar-refractivity contribution < 1.29 is 34.4 Å². The number of carboxylic acids is 1. The molecule has 0 bridgehead atoms. The van der Waals surface area contributed by atoms with E-state index in [0.717, 1.165) is 62.6 Å². The normalized spacial score (nSPS) is 35.4. The number of carboxylic acid groups (broad SMARTS) is 1. The van der Waals surface area contributed by atoms with Crippen LogP contribution in [0.3, 0.4) is 0 Å². The number of nitrogens with one attached hydrogen (secondary N) is 1. The molecule has 10 heteroatoms. The number of pyridine rings is 1. The van der Waals surface area contributed by atoms with E-state index in [4.69, 9.17) is 4.74 Å². The molecule has 0 radical (unpaired) electrons. The molecule has 1 aromatic rings. The Labute approximate surface area is 342 Å². The lowest BCUT2D eigenvalue weighted by molar-refractivity contribution is -0.235. The minimum Gasteiger partial charge on any atom is -0.481 e. The lowest BCUT2D eigenvalue weighted by atomic mass is 9.33. The second kappa shape index (κ2) is 16.1. The van der Waals surface area contributed by atoms with E-state index in [1.165, 1.54) is 5.57 Å². The maximum atomic E-state index is 14.3. The third-order valence-corrected chi connectivity index (χ3v) is 16.9. The van der Waals surface area contributed by atoms with E-state index < -0.39 is 28.9 Å². The summed E-state index contributed by atoms with van der Waals surface area (Å²) in [6.45, 7) is 22.6. The van der Waals surface area contributed by atoms with Gasteiger partial charge in [0.05, 0.1) is 30.2 Å². The average molecular weight is 792 g/mol. The summed E-state index contributed by atoms with van der Waals surface area (Å²) >= 11 is 0. The quantitative estimate of drug-likeness (QED) is 0.106. The maximum absolute atomic E-state index is 14.3. The summed E-state index contributed by atoms with van der Waals surface area (Å²) in [5.41, 5.74) is 1.16. The van der Waals surface area contributed by atoms with E-state index in [1.807, 2.05) is 18.2 Å². The lowest BCUT2D eigenvalue weighted by Crippen LogP contribution is -2.66. The Balaban J connectivity index is 1.28. The predicted molar refractivity (Wildman–Crippen MR) is 221 cm³/mol. The van der Waals surface area contributed by atoms with Gasteiger partial charge < -0.3 is 25.4 Å². The zero-order valence-corrected chi connectivity index (χ0v) is 36.5. The number of ketones is 1. The molecule has 0 spiro atoms. The molecule has 4 fully saturated rings. The SMILES string of the molecule is CC(C)C1=C2[C@H]3CC[C@@H]4[C@@]5(C)CC[C@H](OC(=O)CC(C)(C)C(=O)O)C(C)(C)[C@H]5CC[C@@]4(C)[C@]3(C)CC[C@@]2([C@@H](O)CN(CCNCCO)Cc2ccccn2)CC1=O. The van der Waals surface area contributed by atoms with Crippen LogP contribution in [0.1, 0.15) is 132 Å². The van der Waals surface area contributed by atoms with Gasteiger partial charge in [0, 0.05) is 56.2 Å². The number of esters is 1. The largest absolute Gasteiger partial charge is 0.481 e. The third kappa shape index (κ3) is 7.56. The summed E-state index contributed by atoms with van der Waals surface area (Å²) in [5, 5.41) is 34.9. The van der Waals surface area contributed by atoms with E-state index >= 15 is 0 Å². The number of aromatic nitrogens is 1. The van der Waals surface area contributed by atoms with Crippen LogP contribution in [0.4, 0.5) is 0 Å². The van der Waals surface area contributed by atoms with Crippen LogP contribution < -0.4 is 5.32 Å². The molecule has 0 saturated heterocycles. The first-order valence-electron chi connectivity index (χ1n) is 22.0. The van der Waals surface area contributed by atoms with Crippen molar-refractivity contribution in [3.63, 3.8) is 0 Å². The fourth-order valence-electron chi connectivity index (χ4n) is 13.7. The van der Waals surface area contributed by atoms with E-state index in [-0.39, 0.29) is 58.4 Å². The predicted octanol–water partition coefficient (Wildman–Crippen LogP) is 7.22. The Morgan fingerprint density at radius 3 is 2.37 bits per heavy atom. The summed E-state index contributed by atoms with van der Waals surface area (Å²) < 4.78 is 6.19. The van der Waals surface area contributed by atoms with Gasteiger partial charge in [0.1, 0.15) is 6.10 Å². The molecule has 10 nitrogen and oxygen atoms in total. The number of nitrogens with zero attached hydrogens (tertiary/aromatic N) is 2. The van der Waals surface area contributed by atoms with Crippen LogP contribution in [0.25, 0.3) is 0 Å². The first-order chi connectivity index (χ1) is 26.7. The number of Topliss-reactive ketones (excluding diaryl/α,β-unsaturated/α-hetero) is 1. The second-order valence-corrected chi connectivity index (χ2v) is 21.1. The topological polar surface area (TPSA) is 149 Å². The van der Waals surface area contributed by atoms with Crippen molar-refractivity contribution in [1.29, 1.82) is 0 Å². The molecule has 0 aromatic carbocycles. The maximum Gasteiger partial charge on any atom is 0.309 e. The molecule has 5 aliphatic rings. The Bertz CT molecular complexity index is 1690. The summed E-state index contributed by atoms with van der Waals surface area (Å²) in [4.78, 5) is 46.1. The summed E-state index contributed by atoms with van der Waals surface area (Å²) in [6, 6.07) is 5.92. The van der Waals surface area contributed by atoms with Crippen LogP contribution in [-0.4, -0.2) is 87.9 Å². The number of rotatable bonds is 15. The third-order valence-electron chi connectivity index (χ3n) is 16.9. The molecule has 0 amide bonds. The van der Waals surface area contributed by atoms with Crippen molar-refractivity contribution in [2.45, 2.75) is 145 Å². The van der Waals surface area contributed by atoms with Crippen LogP contribution in [0.2, 0.25) is 0 Å². The first kappa shape index (κ1) is 43.9. The molecule has 57 heavy (non-hydrogen) atoms. The molecule has 4 N–H and O–H groups in total. The number of fused-ring (bicyclic) bond motifs is 7. The van der Waals surface area contributed by atoms with Gasteiger partial charge in [-0.25, -0.2) is 0 Å². The Morgan fingerprint density at radius 2 is 1.72 bits per heavy atom. The Kier molecular flexibility index (Phi) is 12.4. The number of hydrogen-bond donors (Lipinski definition) is 4. The number of aliphatic carboxylic acids is 1. The number of aliphatic hydroxyl groups excluding tert-OH is 2. The van der Waals surface area contributed by atoms with Crippen molar-refractivity contribution in [1.82, 2.24) is 15.2 Å². The van der Waals surface area contributed by atoms with E-state index in [1.54, 1.807) is 20.0 Å². The van der Waals surface area contributed by atoms with Crippen LogP contribution >= 0.6 is 0 Å². The zero-order valence-electron chi connectivity index (χ0n) is 36.5. The number of ether oxygens (including phenoxy) is 1. The summed E-state index contributed by atoms with van der Waals surface area (Å²) in [7, 11) is 0. The molecule has 6 rings (SSSR count). The van der Waals surface area contributed by atoms with Gasteiger partial charge in [0.25, 0.3) is 0 Å². The number of hydrogen-bond acceptors (Lipinski definition) is 9. The van der Waals surface area contributed by atoms with Gasteiger partial charge >= 0.3 is 11.9 Å². The van der Waals surface area contributed by atoms with Gasteiger partial charge in [0.15, 0.2) is 5.78 Å². The highest BCUT2D eigenvalue weighted by atomic mass is 16.5. The molecule has 0 aliphatic heterocycles. The lowest BCUT2D eigenvalue weighted by Gasteiger charge is -2.72. The van der Waals surface area contributed by atoms with Crippen LogP contribution in [-0.2, 0) is 25.7 Å². The Morgan fingerprint density at radius 1 is 0.982 bits per heavy atom. The van der Waals surface area contributed by atoms with Gasteiger partial charge in [-0.2, -0.15) is 0 Å². The minimum absolute atomic E-state index is 0.0213. The van der Waals surface area contributed by atoms with E-state index in [2.05, 4.69) is 63.7 Å². The van der Waals surface area contributed by atoms with Gasteiger partial charge in [-0.3, -0.25) is 24.3 Å². The molecule has 1 aromatic heterocycles. The van der Waals surface area contributed by atoms with Crippen LogP contribution in [0, 0.1) is 56.2 Å². The highest BCUT2D eigenvalue weighted by molar-refractivity contribution is 6.00. The van der Waals surface area contributed by atoms with Crippen LogP contribution in [0.15, 0.2) is 35.5 Å². The number of carbonyl (C=O) groups is 3. The monoisotopic (exact) mass is 792 g/mol. The van der Waals surface area contributed by atoms with Crippen molar-refractivity contribution in [2.75, 3.05) is 32.8 Å². The number of allylic oxidation sites excluding steroid dienone is 1. The standard InChI is InChI=1S/C47H73N3O7/c1-30(2)39-33(52)26-47(36(53)29-50(24-22-48-23-25-51)28-31-12-10-11-21-49-31)20-19-45(8)32(40(39)47)13-14-35-44(7)17-16-37(57-38(54)27-42(3,4)41(55)56)43(5,6)34(44)15-18-46(35,45)9/h10-12,21,30,32,34-37,48,51,53H,13-20,22-29H2,1-9H3,(H,55,56)/t32-,34-,35-,36+,37+,44+,45-,46-,47+/m1/s1.